The number of morpholine rings is 1. The van der Waals surface area contributed by atoms with Gasteiger partial charge in [0.1, 0.15) is 4.90 Å². The zero-order valence-electron chi connectivity index (χ0n) is 15.8. The van der Waals surface area contributed by atoms with Crippen LogP contribution in [0.2, 0.25) is 0 Å². The lowest BCUT2D eigenvalue weighted by Crippen LogP contribution is -2.39. The van der Waals surface area contributed by atoms with E-state index in [1.54, 1.807) is 25.6 Å². The summed E-state index contributed by atoms with van der Waals surface area (Å²) in [6.45, 7) is 6.99. The van der Waals surface area contributed by atoms with E-state index in [4.69, 9.17) is 4.74 Å². The molecule has 2 aliphatic heterocycles. The molecule has 0 unspecified atom stereocenters. The fraction of sp³-hybridized carbons (Fsp3) is 0.588. The minimum Gasteiger partial charge on any atom is -0.378 e. The molecular formula is C17H24N6O3S. The van der Waals surface area contributed by atoms with Crippen molar-refractivity contribution in [2.75, 3.05) is 37.7 Å². The number of sulfonamides is 1. The van der Waals surface area contributed by atoms with E-state index in [1.165, 1.54) is 4.31 Å². The Labute approximate surface area is 159 Å². The SMILES string of the molecule is Cc1nn(C)c(C)c1S(=O)(=O)N1CCc2cnc(N3CCOCC3)nc2C1. The molecule has 0 amide bonds. The summed E-state index contributed by atoms with van der Waals surface area (Å²) in [5.74, 6) is 0.644. The van der Waals surface area contributed by atoms with Crippen LogP contribution in [0.25, 0.3) is 0 Å². The fourth-order valence-electron chi connectivity index (χ4n) is 3.65. The van der Waals surface area contributed by atoms with Gasteiger partial charge in [-0.3, -0.25) is 4.68 Å². The molecule has 2 aromatic rings. The maximum atomic E-state index is 13.2. The highest BCUT2D eigenvalue weighted by Gasteiger charge is 2.33. The summed E-state index contributed by atoms with van der Waals surface area (Å²) in [6, 6.07) is 0. The van der Waals surface area contributed by atoms with Crippen molar-refractivity contribution in [1.82, 2.24) is 24.1 Å². The van der Waals surface area contributed by atoms with E-state index in [1.807, 2.05) is 6.20 Å². The molecule has 0 aliphatic carbocycles. The van der Waals surface area contributed by atoms with Crippen molar-refractivity contribution in [3.63, 3.8) is 0 Å². The zero-order chi connectivity index (χ0) is 19.2. The van der Waals surface area contributed by atoms with Gasteiger partial charge in [-0.15, -0.1) is 0 Å². The monoisotopic (exact) mass is 392 g/mol. The van der Waals surface area contributed by atoms with Crippen molar-refractivity contribution < 1.29 is 13.2 Å². The molecule has 0 radical (unpaired) electrons. The average Bonchev–Trinajstić information content (AvgIpc) is 2.93. The minimum atomic E-state index is -3.63. The van der Waals surface area contributed by atoms with Gasteiger partial charge < -0.3 is 9.64 Å². The van der Waals surface area contributed by atoms with Gasteiger partial charge in [0.2, 0.25) is 16.0 Å². The van der Waals surface area contributed by atoms with E-state index in [9.17, 15) is 8.42 Å². The van der Waals surface area contributed by atoms with Gasteiger partial charge in [-0.05, 0) is 25.8 Å². The first-order valence-electron chi connectivity index (χ1n) is 9.06. The Kier molecular flexibility index (Phi) is 4.65. The molecule has 2 aliphatic rings. The van der Waals surface area contributed by atoms with Crippen LogP contribution >= 0.6 is 0 Å². The summed E-state index contributed by atoms with van der Waals surface area (Å²) < 4.78 is 35.0. The second kappa shape index (κ2) is 6.84. The topological polar surface area (TPSA) is 93.5 Å². The highest BCUT2D eigenvalue weighted by atomic mass is 32.2. The minimum absolute atomic E-state index is 0.255. The molecule has 2 aromatic heterocycles. The van der Waals surface area contributed by atoms with Gasteiger partial charge in [0.15, 0.2) is 0 Å². The highest BCUT2D eigenvalue weighted by Crippen LogP contribution is 2.28. The van der Waals surface area contributed by atoms with E-state index in [-0.39, 0.29) is 6.54 Å². The molecule has 0 saturated carbocycles. The van der Waals surface area contributed by atoms with Gasteiger partial charge in [0, 0.05) is 32.9 Å². The fourth-order valence-corrected chi connectivity index (χ4v) is 5.45. The van der Waals surface area contributed by atoms with Crippen LogP contribution in [0.15, 0.2) is 11.1 Å². The van der Waals surface area contributed by atoms with Crippen LogP contribution in [0.3, 0.4) is 0 Å². The van der Waals surface area contributed by atoms with Crippen LogP contribution in [0.1, 0.15) is 22.6 Å². The second-order valence-corrected chi connectivity index (χ2v) is 8.83. The lowest BCUT2D eigenvalue weighted by atomic mass is 10.1. The van der Waals surface area contributed by atoms with Gasteiger partial charge in [-0.25, -0.2) is 18.4 Å². The van der Waals surface area contributed by atoms with Gasteiger partial charge in [0.25, 0.3) is 0 Å². The van der Waals surface area contributed by atoms with Crippen molar-refractivity contribution >= 4 is 16.0 Å². The first kappa shape index (κ1) is 18.3. The standard InChI is InChI=1S/C17H24N6O3S/c1-12-16(13(2)21(3)20-12)27(24,25)23-5-4-14-10-18-17(19-15(14)11-23)22-6-8-26-9-7-22/h10H,4-9,11H2,1-3H3. The Morgan fingerprint density at radius 1 is 1.15 bits per heavy atom. The van der Waals surface area contributed by atoms with Crippen LogP contribution in [0.5, 0.6) is 0 Å². The van der Waals surface area contributed by atoms with Crippen LogP contribution in [-0.4, -0.2) is 65.3 Å². The van der Waals surface area contributed by atoms with E-state index >= 15 is 0 Å². The number of hydrogen-bond acceptors (Lipinski definition) is 7. The number of rotatable bonds is 3. The molecule has 0 spiro atoms. The molecule has 0 aromatic carbocycles. The van der Waals surface area contributed by atoms with Gasteiger partial charge in [-0.1, -0.05) is 0 Å². The summed E-state index contributed by atoms with van der Waals surface area (Å²) in [4.78, 5) is 11.5. The Balaban J connectivity index is 1.63. The molecular weight excluding hydrogens is 368 g/mol. The number of ether oxygens (including phenoxy) is 1. The van der Waals surface area contributed by atoms with Gasteiger partial charge in [0.05, 0.1) is 36.8 Å². The van der Waals surface area contributed by atoms with Gasteiger partial charge >= 0.3 is 0 Å². The van der Waals surface area contributed by atoms with E-state index in [0.29, 0.717) is 48.4 Å². The molecule has 1 saturated heterocycles. The summed E-state index contributed by atoms with van der Waals surface area (Å²) in [5.41, 5.74) is 2.96. The summed E-state index contributed by atoms with van der Waals surface area (Å²) in [7, 11) is -1.87. The zero-order valence-corrected chi connectivity index (χ0v) is 16.7. The molecule has 10 heteroatoms. The predicted octanol–water partition coefficient (Wildman–Crippen LogP) is 0.411. The molecule has 4 rings (SSSR count). The maximum Gasteiger partial charge on any atom is 0.247 e. The van der Waals surface area contributed by atoms with Crippen LogP contribution in [0.4, 0.5) is 5.95 Å². The van der Waals surface area contributed by atoms with Crippen LogP contribution < -0.4 is 4.90 Å². The molecule has 0 N–H and O–H groups in total. The normalized spacial score (nSPS) is 18.6. The molecule has 0 atom stereocenters. The van der Waals surface area contributed by atoms with Crippen LogP contribution in [-0.2, 0) is 34.8 Å². The lowest BCUT2D eigenvalue weighted by Gasteiger charge is -2.30. The van der Waals surface area contributed by atoms with E-state index in [2.05, 4.69) is 20.0 Å². The first-order valence-corrected chi connectivity index (χ1v) is 10.5. The third-order valence-electron chi connectivity index (χ3n) is 5.23. The Bertz CT molecular complexity index is 965. The second-order valence-electron chi connectivity index (χ2n) is 6.95. The van der Waals surface area contributed by atoms with Crippen molar-refractivity contribution in [2.45, 2.75) is 31.7 Å². The lowest BCUT2D eigenvalue weighted by molar-refractivity contribution is 0.122. The van der Waals surface area contributed by atoms with Crippen LogP contribution in [0, 0.1) is 13.8 Å². The average molecular weight is 392 g/mol. The third kappa shape index (κ3) is 3.21. The van der Waals surface area contributed by atoms with Crippen molar-refractivity contribution in [2.24, 2.45) is 7.05 Å². The van der Waals surface area contributed by atoms with E-state index in [0.717, 1.165) is 24.3 Å². The van der Waals surface area contributed by atoms with E-state index < -0.39 is 10.0 Å². The summed E-state index contributed by atoms with van der Waals surface area (Å²) in [6.07, 6.45) is 2.44. The first-order chi connectivity index (χ1) is 12.9. The highest BCUT2D eigenvalue weighted by molar-refractivity contribution is 7.89. The quantitative estimate of drug-likeness (QED) is 0.747. The van der Waals surface area contributed by atoms with Crippen molar-refractivity contribution in [1.29, 1.82) is 0 Å². The Morgan fingerprint density at radius 2 is 1.89 bits per heavy atom. The molecule has 27 heavy (non-hydrogen) atoms. The molecule has 9 nitrogen and oxygen atoms in total. The molecule has 1 fully saturated rings. The molecule has 146 valence electrons. The number of nitrogens with zero attached hydrogens (tertiary/aromatic N) is 6. The van der Waals surface area contributed by atoms with Gasteiger partial charge in [-0.2, -0.15) is 9.40 Å². The third-order valence-corrected chi connectivity index (χ3v) is 7.33. The number of anilines is 1. The largest absolute Gasteiger partial charge is 0.378 e. The number of aromatic nitrogens is 4. The number of hydrogen-bond donors (Lipinski definition) is 0. The maximum absolute atomic E-state index is 13.2. The summed E-state index contributed by atoms with van der Waals surface area (Å²) in [5, 5.41) is 4.26. The number of fused-ring (bicyclic) bond motifs is 1. The Hall–Kier alpha value is -2.04. The van der Waals surface area contributed by atoms with Crippen molar-refractivity contribution in [3.05, 3.63) is 28.8 Å². The summed E-state index contributed by atoms with van der Waals surface area (Å²) >= 11 is 0. The molecule has 0 bridgehead atoms. The molecule has 4 heterocycles. The van der Waals surface area contributed by atoms with Crippen molar-refractivity contribution in [3.8, 4) is 0 Å². The predicted molar refractivity (Wildman–Crippen MR) is 99.0 cm³/mol. The Morgan fingerprint density at radius 3 is 2.56 bits per heavy atom. The smallest absolute Gasteiger partial charge is 0.247 e. The number of aryl methyl sites for hydroxylation is 2.